The van der Waals surface area contributed by atoms with Crippen LogP contribution in [0.4, 0.5) is 5.69 Å². The molecule has 1 heterocycles. The van der Waals surface area contributed by atoms with E-state index < -0.39 is 0 Å². The average Bonchev–Trinajstić information content (AvgIpc) is 2.69. The highest BCUT2D eigenvalue weighted by Crippen LogP contribution is 2.27. The number of para-hydroxylation sites is 3. The third-order valence-electron chi connectivity index (χ3n) is 4.12. The van der Waals surface area contributed by atoms with Crippen molar-refractivity contribution in [3.8, 4) is 11.5 Å². The highest BCUT2D eigenvalue weighted by molar-refractivity contribution is 8.13. The van der Waals surface area contributed by atoms with Gasteiger partial charge in [-0.05, 0) is 44.0 Å². The molecule has 0 unspecified atom stereocenters. The molecule has 1 fully saturated rings. The monoisotopic (exact) mass is 384 g/mol. The molecule has 2 aromatic carbocycles. The SMILES string of the molecule is CCOc1ccccc1OCC(=O)N1CCCSC1=Nc1ccccc1C. The normalized spacial score (nSPS) is 15.6. The van der Waals surface area contributed by atoms with Crippen LogP contribution in [-0.2, 0) is 4.79 Å². The Morgan fingerprint density at radius 2 is 1.81 bits per heavy atom. The van der Waals surface area contributed by atoms with Crippen LogP contribution in [0.1, 0.15) is 18.9 Å². The summed E-state index contributed by atoms with van der Waals surface area (Å²) in [5, 5.41) is 0.738. The number of benzene rings is 2. The summed E-state index contributed by atoms with van der Waals surface area (Å²) < 4.78 is 11.3. The molecular formula is C21H24N2O3S. The molecule has 1 aliphatic rings. The standard InChI is InChI=1S/C21H24N2O3S/c1-3-25-18-11-6-7-12-19(18)26-15-20(24)23-13-8-14-27-21(23)22-17-10-5-4-9-16(17)2/h4-7,9-12H,3,8,13-15H2,1-2H3. The van der Waals surface area contributed by atoms with E-state index in [1.807, 2.05) is 62.4 Å². The molecule has 6 heteroatoms. The first-order valence-electron chi connectivity index (χ1n) is 9.11. The lowest BCUT2D eigenvalue weighted by atomic mass is 10.2. The summed E-state index contributed by atoms with van der Waals surface area (Å²) in [7, 11) is 0. The van der Waals surface area contributed by atoms with Gasteiger partial charge in [0.2, 0.25) is 0 Å². The van der Waals surface area contributed by atoms with Crippen LogP contribution in [0.2, 0.25) is 0 Å². The first kappa shape index (κ1) is 19.3. The van der Waals surface area contributed by atoms with Gasteiger partial charge in [-0.3, -0.25) is 9.69 Å². The van der Waals surface area contributed by atoms with Gasteiger partial charge in [0.15, 0.2) is 23.3 Å². The summed E-state index contributed by atoms with van der Waals surface area (Å²) in [6, 6.07) is 15.3. The summed E-state index contributed by atoms with van der Waals surface area (Å²) in [6.07, 6.45) is 0.943. The molecule has 0 N–H and O–H groups in total. The lowest BCUT2D eigenvalue weighted by molar-refractivity contribution is -0.129. The highest BCUT2D eigenvalue weighted by Gasteiger charge is 2.24. The molecule has 0 atom stereocenters. The summed E-state index contributed by atoms with van der Waals surface area (Å²) >= 11 is 1.61. The Kier molecular flexibility index (Phi) is 6.76. The lowest BCUT2D eigenvalue weighted by Gasteiger charge is -2.28. The van der Waals surface area contributed by atoms with E-state index in [1.165, 1.54) is 0 Å². The number of carbonyl (C=O) groups excluding carboxylic acids is 1. The quantitative estimate of drug-likeness (QED) is 0.739. The number of hydrogen-bond donors (Lipinski definition) is 0. The van der Waals surface area contributed by atoms with Crippen molar-refractivity contribution in [1.82, 2.24) is 4.90 Å². The van der Waals surface area contributed by atoms with Gasteiger partial charge in [0, 0.05) is 12.3 Å². The van der Waals surface area contributed by atoms with Crippen LogP contribution in [0, 0.1) is 6.92 Å². The van der Waals surface area contributed by atoms with Crippen LogP contribution in [0.5, 0.6) is 11.5 Å². The second-order valence-corrected chi connectivity index (χ2v) is 7.16. The van der Waals surface area contributed by atoms with Crippen LogP contribution in [0.25, 0.3) is 0 Å². The summed E-state index contributed by atoms with van der Waals surface area (Å²) in [6.45, 7) is 5.10. The van der Waals surface area contributed by atoms with Gasteiger partial charge in [-0.15, -0.1) is 0 Å². The number of aliphatic imine (C=N–C) groups is 1. The molecule has 0 aromatic heterocycles. The molecule has 0 bridgehead atoms. The molecule has 2 aromatic rings. The zero-order valence-electron chi connectivity index (χ0n) is 15.7. The van der Waals surface area contributed by atoms with Crippen molar-refractivity contribution in [2.75, 3.05) is 25.5 Å². The van der Waals surface area contributed by atoms with Gasteiger partial charge in [-0.25, -0.2) is 4.99 Å². The summed E-state index contributed by atoms with van der Waals surface area (Å²) in [5.41, 5.74) is 1.98. The molecule has 1 saturated heterocycles. The zero-order chi connectivity index (χ0) is 19.1. The van der Waals surface area contributed by atoms with Crippen molar-refractivity contribution in [3.63, 3.8) is 0 Å². The Bertz CT molecular complexity index is 823. The Hall–Kier alpha value is -2.47. The van der Waals surface area contributed by atoms with Crippen molar-refractivity contribution in [3.05, 3.63) is 54.1 Å². The molecule has 0 saturated carbocycles. The number of rotatable bonds is 6. The number of amides is 1. The fraction of sp³-hybridized carbons (Fsp3) is 0.333. The minimum Gasteiger partial charge on any atom is -0.490 e. The predicted octanol–water partition coefficient (Wildman–Crippen LogP) is 4.43. The van der Waals surface area contributed by atoms with Crippen LogP contribution in [0.15, 0.2) is 53.5 Å². The summed E-state index contributed by atoms with van der Waals surface area (Å²) in [5.74, 6) is 2.09. The maximum absolute atomic E-state index is 12.8. The van der Waals surface area contributed by atoms with Crippen molar-refractivity contribution in [2.45, 2.75) is 20.3 Å². The minimum absolute atomic E-state index is 0.0442. The molecule has 1 aliphatic heterocycles. The largest absolute Gasteiger partial charge is 0.490 e. The van der Waals surface area contributed by atoms with Crippen molar-refractivity contribution < 1.29 is 14.3 Å². The van der Waals surface area contributed by atoms with Crippen molar-refractivity contribution >= 4 is 28.5 Å². The minimum atomic E-state index is -0.0964. The first-order valence-corrected chi connectivity index (χ1v) is 10.1. The van der Waals surface area contributed by atoms with Crippen LogP contribution < -0.4 is 9.47 Å². The van der Waals surface area contributed by atoms with E-state index in [2.05, 4.69) is 0 Å². The van der Waals surface area contributed by atoms with Gasteiger partial charge in [0.05, 0.1) is 12.3 Å². The number of hydrogen-bond acceptors (Lipinski definition) is 5. The zero-order valence-corrected chi connectivity index (χ0v) is 16.5. The van der Waals surface area contributed by atoms with Gasteiger partial charge in [0.25, 0.3) is 5.91 Å². The van der Waals surface area contributed by atoms with Crippen molar-refractivity contribution in [1.29, 1.82) is 0 Å². The average molecular weight is 385 g/mol. The molecule has 142 valence electrons. The Labute approximate surface area is 164 Å². The second-order valence-electron chi connectivity index (χ2n) is 6.10. The number of thioether (sulfide) groups is 1. The van der Waals surface area contributed by atoms with Gasteiger partial charge in [-0.2, -0.15) is 0 Å². The Morgan fingerprint density at radius 1 is 1.11 bits per heavy atom. The van der Waals surface area contributed by atoms with E-state index >= 15 is 0 Å². The molecule has 0 spiro atoms. The van der Waals surface area contributed by atoms with Crippen LogP contribution in [-0.4, -0.2) is 41.5 Å². The third-order valence-corrected chi connectivity index (χ3v) is 5.18. The number of nitrogens with zero attached hydrogens (tertiary/aromatic N) is 2. The fourth-order valence-corrected chi connectivity index (χ4v) is 3.71. The van der Waals surface area contributed by atoms with E-state index in [-0.39, 0.29) is 12.5 Å². The topological polar surface area (TPSA) is 51.1 Å². The number of carbonyl (C=O) groups is 1. The molecular weight excluding hydrogens is 360 g/mol. The van der Waals surface area contributed by atoms with Gasteiger partial charge in [0.1, 0.15) is 0 Å². The Morgan fingerprint density at radius 3 is 2.56 bits per heavy atom. The number of amidine groups is 1. The van der Waals surface area contributed by atoms with Crippen molar-refractivity contribution in [2.24, 2.45) is 4.99 Å². The van der Waals surface area contributed by atoms with Crippen LogP contribution in [0.3, 0.4) is 0 Å². The van der Waals surface area contributed by atoms with Crippen LogP contribution >= 0.6 is 11.8 Å². The van der Waals surface area contributed by atoms with Gasteiger partial charge in [-0.1, -0.05) is 42.1 Å². The first-order chi connectivity index (χ1) is 13.2. The maximum atomic E-state index is 12.8. The summed E-state index contributed by atoms with van der Waals surface area (Å²) in [4.78, 5) is 19.2. The molecule has 0 radical (unpaired) electrons. The lowest BCUT2D eigenvalue weighted by Crippen LogP contribution is -2.41. The highest BCUT2D eigenvalue weighted by atomic mass is 32.2. The Balaban J connectivity index is 1.72. The molecule has 3 rings (SSSR count). The van der Waals surface area contributed by atoms with E-state index in [1.54, 1.807) is 16.7 Å². The third kappa shape index (κ3) is 5.04. The molecule has 1 amide bonds. The number of ether oxygens (including phenoxy) is 2. The van der Waals surface area contributed by atoms with Gasteiger partial charge >= 0.3 is 0 Å². The molecule has 5 nitrogen and oxygen atoms in total. The fourth-order valence-electron chi connectivity index (χ4n) is 2.74. The predicted molar refractivity (Wildman–Crippen MR) is 110 cm³/mol. The second kappa shape index (κ2) is 9.46. The maximum Gasteiger partial charge on any atom is 0.266 e. The van der Waals surface area contributed by atoms with E-state index in [4.69, 9.17) is 14.5 Å². The van der Waals surface area contributed by atoms with E-state index in [0.29, 0.717) is 24.7 Å². The van der Waals surface area contributed by atoms with Gasteiger partial charge < -0.3 is 9.47 Å². The molecule has 0 aliphatic carbocycles. The number of aryl methyl sites for hydroxylation is 1. The smallest absolute Gasteiger partial charge is 0.266 e. The molecule has 27 heavy (non-hydrogen) atoms. The van der Waals surface area contributed by atoms with E-state index in [9.17, 15) is 4.79 Å². The van der Waals surface area contributed by atoms with E-state index in [0.717, 1.165) is 28.6 Å².